The Bertz CT molecular complexity index is 899. The summed E-state index contributed by atoms with van der Waals surface area (Å²) in [7, 11) is 1.39. The topological polar surface area (TPSA) is 73.9 Å². The van der Waals surface area contributed by atoms with Crippen LogP contribution in [0.2, 0.25) is 0 Å². The monoisotopic (exact) mass is 401 g/mol. The van der Waals surface area contributed by atoms with E-state index in [1.807, 2.05) is 0 Å². The molecule has 2 aromatic carbocycles. The van der Waals surface area contributed by atoms with Crippen LogP contribution in [0.3, 0.4) is 0 Å². The van der Waals surface area contributed by atoms with E-state index in [0.717, 1.165) is 6.42 Å². The molecule has 154 valence electrons. The zero-order chi connectivity index (χ0) is 20.8. The van der Waals surface area contributed by atoms with E-state index in [2.05, 4.69) is 5.32 Å². The highest BCUT2D eigenvalue weighted by atomic mass is 19.1. The second-order valence-electron chi connectivity index (χ2n) is 6.82. The van der Waals surface area contributed by atoms with Crippen molar-refractivity contribution in [3.63, 3.8) is 0 Å². The lowest BCUT2D eigenvalue weighted by atomic mass is 10.0. The molecule has 1 aliphatic heterocycles. The van der Waals surface area contributed by atoms with Crippen molar-refractivity contribution in [1.29, 1.82) is 0 Å². The third-order valence-corrected chi connectivity index (χ3v) is 4.70. The maximum Gasteiger partial charge on any atom is 0.220 e. The number of benzene rings is 2. The molecule has 6 nitrogen and oxygen atoms in total. The van der Waals surface area contributed by atoms with Gasteiger partial charge in [-0.25, -0.2) is 4.39 Å². The molecule has 29 heavy (non-hydrogen) atoms. The molecular formula is C22H24FNO5. The molecule has 0 radical (unpaired) electrons. The average Bonchev–Trinajstić information content (AvgIpc) is 2.96. The van der Waals surface area contributed by atoms with E-state index in [9.17, 15) is 14.0 Å². The molecular weight excluding hydrogens is 377 g/mol. The van der Waals surface area contributed by atoms with Crippen molar-refractivity contribution in [2.75, 3.05) is 20.3 Å². The number of rotatable bonds is 7. The Kier molecular flexibility index (Phi) is 6.69. The van der Waals surface area contributed by atoms with Crippen LogP contribution in [0.4, 0.5) is 4.39 Å². The third kappa shape index (κ3) is 5.25. The predicted octanol–water partition coefficient (Wildman–Crippen LogP) is 3.84. The molecule has 1 heterocycles. The van der Waals surface area contributed by atoms with E-state index in [4.69, 9.17) is 14.2 Å². The number of amides is 1. The van der Waals surface area contributed by atoms with Crippen LogP contribution in [0.5, 0.6) is 17.2 Å². The van der Waals surface area contributed by atoms with E-state index in [1.165, 1.54) is 19.2 Å². The molecule has 0 bridgehead atoms. The van der Waals surface area contributed by atoms with Crippen LogP contribution in [0.1, 0.15) is 48.1 Å². The highest BCUT2D eigenvalue weighted by Gasteiger charge is 2.17. The molecule has 0 saturated heterocycles. The molecule has 1 aliphatic rings. The number of halogens is 1. The summed E-state index contributed by atoms with van der Waals surface area (Å²) in [5.74, 6) is 0.393. The standard InChI is InChI=1S/C22H24FNO5/c1-14(15-4-7-19(27-2)17(23)12-15)24-22(26)9-6-18(25)16-5-8-20-21(13-16)29-11-3-10-28-20/h4-5,7-8,12-14H,3,6,9-11H2,1-2H3,(H,24,26)/t14-/m0/s1. The van der Waals surface area contributed by atoms with Crippen molar-refractivity contribution in [1.82, 2.24) is 5.32 Å². The van der Waals surface area contributed by atoms with Crippen LogP contribution in [-0.2, 0) is 4.79 Å². The van der Waals surface area contributed by atoms with Gasteiger partial charge in [0, 0.05) is 24.8 Å². The number of Topliss-reactive ketones (excluding diaryl/α,β-unsaturated/α-hetero) is 1. The summed E-state index contributed by atoms with van der Waals surface area (Å²) >= 11 is 0. The maximum atomic E-state index is 13.8. The van der Waals surface area contributed by atoms with Gasteiger partial charge >= 0.3 is 0 Å². The third-order valence-electron chi connectivity index (χ3n) is 4.70. The highest BCUT2D eigenvalue weighted by molar-refractivity contribution is 5.98. The number of fused-ring (bicyclic) bond motifs is 1. The molecule has 0 unspecified atom stereocenters. The van der Waals surface area contributed by atoms with E-state index in [-0.39, 0.29) is 30.3 Å². The summed E-state index contributed by atoms with van der Waals surface area (Å²) in [6.45, 7) is 2.87. The first-order valence-corrected chi connectivity index (χ1v) is 9.53. The predicted molar refractivity (Wildman–Crippen MR) is 105 cm³/mol. The van der Waals surface area contributed by atoms with Crippen molar-refractivity contribution in [3.8, 4) is 17.2 Å². The zero-order valence-corrected chi connectivity index (χ0v) is 16.5. The van der Waals surface area contributed by atoms with Crippen LogP contribution < -0.4 is 19.5 Å². The Morgan fingerprint density at radius 3 is 2.59 bits per heavy atom. The van der Waals surface area contributed by atoms with Gasteiger partial charge in [0.2, 0.25) is 5.91 Å². The van der Waals surface area contributed by atoms with Gasteiger partial charge in [0.05, 0.1) is 26.4 Å². The van der Waals surface area contributed by atoms with Crippen LogP contribution in [0, 0.1) is 5.82 Å². The Hall–Kier alpha value is -3.09. The SMILES string of the molecule is COc1ccc([C@H](C)NC(=O)CCC(=O)c2ccc3c(c2)OCCCO3)cc1F. The Morgan fingerprint density at radius 1 is 1.10 bits per heavy atom. The molecule has 3 rings (SSSR count). The Balaban J connectivity index is 1.54. The number of ether oxygens (including phenoxy) is 3. The van der Waals surface area contributed by atoms with Gasteiger partial charge in [0.1, 0.15) is 0 Å². The summed E-state index contributed by atoms with van der Waals surface area (Å²) in [5.41, 5.74) is 1.10. The lowest BCUT2D eigenvalue weighted by Gasteiger charge is -2.15. The van der Waals surface area contributed by atoms with Crippen LogP contribution >= 0.6 is 0 Å². The van der Waals surface area contributed by atoms with Crippen molar-refractivity contribution in [2.45, 2.75) is 32.2 Å². The van der Waals surface area contributed by atoms with Gasteiger partial charge in [0.15, 0.2) is 28.8 Å². The maximum absolute atomic E-state index is 13.8. The van der Waals surface area contributed by atoms with Crippen molar-refractivity contribution in [2.24, 2.45) is 0 Å². The highest BCUT2D eigenvalue weighted by Crippen LogP contribution is 2.31. The lowest BCUT2D eigenvalue weighted by molar-refractivity contribution is -0.121. The number of carbonyl (C=O) groups is 2. The largest absolute Gasteiger partial charge is 0.494 e. The smallest absolute Gasteiger partial charge is 0.220 e. The van der Waals surface area contributed by atoms with Crippen molar-refractivity contribution < 1.29 is 28.2 Å². The van der Waals surface area contributed by atoms with E-state index < -0.39 is 11.9 Å². The first-order chi connectivity index (χ1) is 14.0. The van der Waals surface area contributed by atoms with Gasteiger partial charge in [0.25, 0.3) is 0 Å². The molecule has 0 fully saturated rings. The summed E-state index contributed by atoms with van der Waals surface area (Å²) in [5, 5.41) is 2.78. The van der Waals surface area contributed by atoms with Crippen molar-refractivity contribution >= 4 is 11.7 Å². The molecule has 1 N–H and O–H groups in total. The molecule has 0 aliphatic carbocycles. The molecule has 0 spiro atoms. The summed E-state index contributed by atoms with van der Waals surface area (Å²) in [4.78, 5) is 24.7. The van der Waals surface area contributed by atoms with Gasteiger partial charge < -0.3 is 19.5 Å². The van der Waals surface area contributed by atoms with Crippen LogP contribution in [0.25, 0.3) is 0 Å². The van der Waals surface area contributed by atoms with Crippen molar-refractivity contribution in [3.05, 3.63) is 53.3 Å². The summed E-state index contributed by atoms with van der Waals surface area (Å²) in [6, 6.07) is 9.19. The fraction of sp³-hybridized carbons (Fsp3) is 0.364. The molecule has 0 saturated carbocycles. The van der Waals surface area contributed by atoms with Gasteiger partial charge in [-0.3, -0.25) is 9.59 Å². The minimum absolute atomic E-state index is 0.0379. The fourth-order valence-corrected chi connectivity index (χ4v) is 3.06. The minimum atomic E-state index is -0.490. The number of methoxy groups -OCH3 is 1. The second kappa shape index (κ2) is 9.41. The van der Waals surface area contributed by atoms with Crippen LogP contribution in [0.15, 0.2) is 36.4 Å². The molecule has 0 aromatic heterocycles. The lowest BCUT2D eigenvalue weighted by Crippen LogP contribution is -2.27. The van der Waals surface area contributed by atoms with Gasteiger partial charge in [-0.2, -0.15) is 0 Å². The van der Waals surface area contributed by atoms with Crippen LogP contribution in [-0.4, -0.2) is 32.0 Å². The summed E-state index contributed by atoms with van der Waals surface area (Å²) < 4.78 is 29.9. The molecule has 1 atom stereocenters. The van der Waals surface area contributed by atoms with Gasteiger partial charge in [-0.05, 0) is 42.8 Å². The molecule has 1 amide bonds. The minimum Gasteiger partial charge on any atom is -0.494 e. The number of hydrogen-bond acceptors (Lipinski definition) is 5. The molecule has 2 aromatic rings. The Labute approximate surface area is 169 Å². The average molecular weight is 401 g/mol. The summed E-state index contributed by atoms with van der Waals surface area (Å²) in [6.07, 6.45) is 0.889. The quantitative estimate of drug-likeness (QED) is 0.714. The normalized spacial score (nSPS) is 13.9. The first-order valence-electron chi connectivity index (χ1n) is 9.53. The van der Waals surface area contributed by atoms with E-state index in [1.54, 1.807) is 31.2 Å². The van der Waals surface area contributed by atoms with E-state index >= 15 is 0 Å². The van der Waals surface area contributed by atoms with Gasteiger partial charge in [-0.1, -0.05) is 6.07 Å². The first kappa shape index (κ1) is 20.6. The van der Waals surface area contributed by atoms with Gasteiger partial charge in [-0.15, -0.1) is 0 Å². The number of ketones is 1. The number of carbonyl (C=O) groups excluding carboxylic acids is 2. The number of hydrogen-bond donors (Lipinski definition) is 1. The fourth-order valence-electron chi connectivity index (χ4n) is 3.06. The Morgan fingerprint density at radius 2 is 1.86 bits per heavy atom. The van der Waals surface area contributed by atoms with E-state index in [0.29, 0.717) is 35.8 Å². The second-order valence-corrected chi connectivity index (χ2v) is 6.82. The zero-order valence-electron chi connectivity index (χ0n) is 16.5. The number of nitrogens with one attached hydrogen (secondary N) is 1. The molecule has 7 heteroatoms.